The van der Waals surface area contributed by atoms with Gasteiger partial charge in [0, 0.05) is 29.5 Å². The molecule has 3 rings (SSSR count). The van der Waals surface area contributed by atoms with Crippen LogP contribution in [0.25, 0.3) is 22.3 Å². The summed E-state index contributed by atoms with van der Waals surface area (Å²) in [5.41, 5.74) is 2.96. The molecule has 0 atom stereocenters. The Morgan fingerprint density at radius 3 is 2.59 bits per heavy atom. The Hall–Kier alpha value is -2.36. The minimum atomic E-state index is 0.723. The lowest BCUT2D eigenvalue weighted by molar-refractivity contribution is 1.14. The van der Waals surface area contributed by atoms with Gasteiger partial charge in [0.05, 0.1) is 5.52 Å². The number of aryl methyl sites for hydroxylation is 1. The Morgan fingerprint density at radius 2 is 1.76 bits per heavy atom. The third-order valence-electron chi connectivity index (χ3n) is 2.54. The predicted octanol–water partition coefficient (Wildman–Crippen LogP) is 2.40. The molecule has 0 aliphatic rings. The molecule has 17 heavy (non-hydrogen) atoms. The van der Waals surface area contributed by atoms with Crippen LogP contribution in [0, 0.1) is 6.92 Å². The molecule has 0 N–H and O–H groups in total. The molecule has 2 aromatic heterocycles. The number of hydrogen-bond donors (Lipinski definition) is 0. The molecule has 0 aliphatic heterocycles. The van der Waals surface area contributed by atoms with Crippen molar-refractivity contribution in [2.24, 2.45) is 0 Å². The molecule has 4 heteroatoms. The van der Waals surface area contributed by atoms with Crippen molar-refractivity contribution in [2.75, 3.05) is 0 Å². The van der Waals surface area contributed by atoms with E-state index in [0.29, 0.717) is 0 Å². The topological polar surface area (TPSA) is 51.6 Å². The summed E-state index contributed by atoms with van der Waals surface area (Å²) in [5.74, 6) is 0.723. The van der Waals surface area contributed by atoms with Crippen LogP contribution in [-0.2, 0) is 0 Å². The van der Waals surface area contributed by atoms with Crippen molar-refractivity contribution in [1.82, 2.24) is 19.9 Å². The fourth-order valence-electron chi connectivity index (χ4n) is 1.67. The zero-order chi connectivity index (χ0) is 11.7. The molecule has 2 heterocycles. The predicted molar refractivity (Wildman–Crippen MR) is 65.3 cm³/mol. The van der Waals surface area contributed by atoms with Crippen molar-refractivity contribution in [3.63, 3.8) is 0 Å². The number of hydrogen-bond acceptors (Lipinski definition) is 4. The minimum Gasteiger partial charge on any atom is -0.244 e. The lowest BCUT2D eigenvalue weighted by atomic mass is 10.1. The molecule has 0 aliphatic carbocycles. The van der Waals surface area contributed by atoms with Gasteiger partial charge < -0.3 is 0 Å². The van der Waals surface area contributed by atoms with Gasteiger partial charge in [0.1, 0.15) is 6.33 Å². The van der Waals surface area contributed by atoms with Gasteiger partial charge in [-0.25, -0.2) is 19.9 Å². The second-order valence-corrected chi connectivity index (χ2v) is 3.88. The van der Waals surface area contributed by atoms with Gasteiger partial charge in [-0.15, -0.1) is 0 Å². The Morgan fingerprint density at radius 1 is 0.941 bits per heavy atom. The zero-order valence-electron chi connectivity index (χ0n) is 9.33. The maximum absolute atomic E-state index is 4.30. The largest absolute Gasteiger partial charge is 0.244 e. The molecule has 0 saturated carbocycles. The smallest absolute Gasteiger partial charge is 0.159 e. The second kappa shape index (κ2) is 3.90. The highest BCUT2D eigenvalue weighted by Crippen LogP contribution is 2.19. The van der Waals surface area contributed by atoms with E-state index in [1.54, 1.807) is 12.5 Å². The molecule has 0 unspecified atom stereocenters. The average Bonchev–Trinajstić information content (AvgIpc) is 2.39. The van der Waals surface area contributed by atoms with Gasteiger partial charge in [0.25, 0.3) is 0 Å². The first-order valence-electron chi connectivity index (χ1n) is 5.32. The van der Waals surface area contributed by atoms with Crippen molar-refractivity contribution >= 4 is 10.9 Å². The molecule has 0 bridgehead atoms. The highest BCUT2D eigenvalue weighted by atomic mass is 14.9. The first-order chi connectivity index (χ1) is 8.33. The van der Waals surface area contributed by atoms with Crippen molar-refractivity contribution in [1.29, 1.82) is 0 Å². The molecule has 0 fully saturated rings. The molecular weight excluding hydrogens is 212 g/mol. The highest BCUT2D eigenvalue weighted by Gasteiger charge is 2.02. The third-order valence-corrected chi connectivity index (χ3v) is 2.54. The van der Waals surface area contributed by atoms with Crippen LogP contribution in [0.2, 0.25) is 0 Å². The maximum atomic E-state index is 4.30. The Labute approximate surface area is 98.4 Å². The van der Waals surface area contributed by atoms with Gasteiger partial charge in [-0.2, -0.15) is 0 Å². The molecule has 3 aromatic rings. The Kier molecular flexibility index (Phi) is 2.26. The Bertz CT molecular complexity index is 662. The van der Waals surface area contributed by atoms with E-state index in [1.807, 2.05) is 37.5 Å². The van der Waals surface area contributed by atoms with E-state index in [4.69, 9.17) is 0 Å². The second-order valence-electron chi connectivity index (χ2n) is 3.88. The van der Waals surface area contributed by atoms with Crippen LogP contribution in [0.3, 0.4) is 0 Å². The van der Waals surface area contributed by atoms with Crippen molar-refractivity contribution < 1.29 is 0 Å². The maximum Gasteiger partial charge on any atom is 0.159 e. The van der Waals surface area contributed by atoms with Crippen molar-refractivity contribution in [2.45, 2.75) is 6.92 Å². The fourth-order valence-corrected chi connectivity index (χ4v) is 1.67. The standard InChI is InChI=1S/C13H10N4/c1-9-5-15-13(16-6-9)10-2-3-12-11(4-10)7-14-8-17-12/h2-8H,1H3. The normalized spacial score (nSPS) is 10.6. The summed E-state index contributed by atoms with van der Waals surface area (Å²) < 4.78 is 0. The van der Waals surface area contributed by atoms with Crippen LogP contribution in [0.5, 0.6) is 0 Å². The van der Waals surface area contributed by atoms with E-state index in [2.05, 4.69) is 19.9 Å². The van der Waals surface area contributed by atoms with Gasteiger partial charge in [0.15, 0.2) is 5.82 Å². The van der Waals surface area contributed by atoms with E-state index in [-0.39, 0.29) is 0 Å². The number of rotatable bonds is 1. The lowest BCUT2D eigenvalue weighted by Crippen LogP contribution is -1.89. The molecular formula is C13H10N4. The van der Waals surface area contributed by atoms with Gasteiger partial charge in [-0.1, -0.05) is 0 Å². The monoisotopic (exact) mass is 222 g/mol. The molecule has 1 aromatic carbocycles. The van der Waals surface area contributed by atoms with Gasteiger partial charge in [0.2, 0.25) is 0 Å². The first-order valence-corrected chi connectivity index (χ1v) is 5.32. The summed E-state index contributed by atoms with van der Waals surface area (Å²) >= 11 is 0. The molecule has 0 amide bonds. The summed E-state index contributed by atoms with van der Waals surface area (Å²) in [7, 11) is 0. The van der Waals surface area contributed by atoms with Crippen molar-refractivity contribution in [3.05, 3.63) is 48.7 Å². The first kappa shape index (κ1) is 9.84. The number of benzene rings is 1. The third kappa shape index (κ3) is 1.85. The van der Waals surface area contributed by atoms with E-state index < -0.39 is 0 Å². The van der Waals surface area contributed by atoms with E-state index in [9.17, 15) is 0 Å². The summed E-state index contributed by atoms with van der Waals surface area (Å²) in [6, 6.07) is 5.93. The molecule has 0 radical (unpaired) electrons. The highest BCUT2D eigenvalue weighted by molar-refractivity contribution is 5.82. The summed E-state index contributed by atoms with van der Waals surface area (Å²) in [4.78, 5) is 16.8. The minimum absolute atomic E-state index is 0.723. The number of fused-ring (bicyclic) bond motifs is 1. The summed E-state index contributed by atoms with van der Waals surface area (Å²) in [6.07, 6.45) is 6.96. The van der Waals surface area contributed by atoms with Crippen LogP contribution >= 0.6 is 0 Å². The van der Waals surface area contributed by atoms with Crippen LogP contribution in [0.4, 0.5) is 0 Å². The van der Waals surface area contributed by atoms with Crippen LogP contribution in [-0.4, -0.2) is 19.9 Å². The SMILES string of the molecule is Cc1cnc(-c2ccc3ncncc3c2)nc1. The summed E-state index contributed by atoms with van der Waals surface area (Å²) in [5, 5.41) is 0.995. The summed E-state index contributed by atoms with van der Waals surface area (Å²) in [6.45, 7) is 1.97. The van der Waals surface area contributed by atoms with E-state index in [0.717, 1.165) is 27.9 Å². The molecule has 0 saturated heterocycles. The Balaban J connectivity index is 2.14. The zero-order valence-corrected chi connectivity index (χ0v) is 9.33. The number of aromatic nitrogens is 4. The van der Waals surface area contributed by atoms with Crippen LogP contribution < -0.4 is 0 Å². The van der Waals surface area contributed by atoms with E-state index >= 15 is 0 Å². The fraction of sp³-hybridized carbons (Fsp3) is 0.0769. The average molecular weight is 222 g/mol. The molecule has 4 nitrogen and oxygen atoms in total. The van der Waals surface area contributed by atoms with Gasteiger partial charge >= 0.3 is 0 Å². The van der Waals surface area contributed by atoms with Crippen LogP contribution in [0.1, 0.15) is 5.56 Å². The van der Waals surface area contributed by atoms with Gasteiger partial charge in [-0.3, -0.25) is 0 Å². The quantitative estimate of drug-likeness (QED) is 0.634. The van der Waals surface area contributed by atoms with E-state index in [1.165, 1.54) is 0 Å². The van der Waals surface area contributed by atoms with Gasteiger partial charge in [-0.05, 0) is 30.7 Å². The number of nitrogens with zero attached hydrogens (tertiary/aromatic N) is 4. The van der Waals surface area contributed by atoms with Crippen LogP contribution in [0.15, 0.2) is 43.1 Å². The lowest BCUT2D eigenvalue weighted by Gasteiger charge is -2.01. The van der Waals surface area contributed by atoms with Crippen molar-refractivity contribution in [3.8, 4) is 11.4 Å². The molecule has 0 spiro atoms. The molecule has 82 valence electrons.